The Morgan fingerprint density at radius 1 is 1.14 bits per heavy atom. The molecule has 0 unspecified atom stereocenters. The van der Waals surface area contributed by atoms with Crippen molar-refractivity contribution in [1.82, 2.24) is 29.7 Å². The van der Waals surface area contributed by atoms with E-state index in [1.165, 1.54) is 19.3 Å². The molecule has 2 aromatic rings. The third-order valence-electron chi connectivity index (χ3n) is 3.49. The summed E-state index contributed by atoms with van der Waals surface area (Å²) >= 11 is 1.60. The van der Waals surface area contributed by atoms with Crippen molar-refractivity contribution in [2.24, 2.45) is 0 Å². The minimum atomic E-state index is 0.245. The molecule has 0 bridgehead atoms. The van der Waals surface area contributed by atoms with E-state index in [-0.39, 0.29) is 5.95 Å². The van der Waals surface area contributed by atoms with Crippen LogP contribution in [0.3, 0.4) is 0 Å². The van der Waals surface area contributed by atoms with E-state index in [2.05, 4.69) is 29.7 Å². The number of aryl methyl sites for hydroxylation is 1. The lowest BCUT2D eigenvalue weighted by Gasteiger charge is -2.11. The van der Waals surface area contributed by atoms with Crippen molar-refractivity contribution in [3.63, 3.8) is 0 Å². The predicted molar refractivity (Wildman–Crippen MR) is 85.7 cm³/mol. The molecule has 9 heteroatoms. The molecule has 0 atom stereocenters. The summed E-state index contributed by atoms with van der Waals surface area (Å²) in [6, 6.07) is 0. The molecule has 0 fully saturated rings. The van der Waals surface area contributed by atoms with Gasteiger partial charge in [0.2, 0.25) is 11.9 Å². The van der Waals surface area contributed by atoms with Gasteiger partial charge in [0.05, 0.1) is 5.75 Å². The maximum Gasteiger partial charge on any atom is 0.229 e. The number of fused-ring (bicyclic) bond motifs is 1. The van der Waals surface area contributed by atoms with Gasteiger partial charge >= 0.3 is 0 Å². The third kappa shape index (κ3) is 3.29. The molecule has 2 aromatic heterocycles. The van der Waals surface area contributed by atoms with Gasteiger partial charge in [0.1, 0.15) is 11.6 Å². The Morgan fingerprint density at radius 3 is 2.82 bits per heavy atom. The Kier molecular flexibility index (Phi) is 4.41. The zero-order chi connectivity index (χ0) is 15.5. The minimum Gasteiger partial charge on any atom is -0.368 e. The summed E-state index contributed by atoms with van der Waals surface area (Å²) in [5.41, 5.74) is 5.75. The van der Waals surface area contributed by atoms with Crippen LogP contribution in [0.1, 0.15) is 30.9 Å². The molecule has 8 nitrogen and oxygen atoms in total. The van der Waals surface area contributed by atoms with Gasteiger partial charge in [0, 0.05) is 27.1 Å². The highest BCUT2D eigenvalue weighted by Gasteiger charge is 2.16. The topological polar surface area (TPSA) is 98.6 Å². The van der Waals surface area contributed by atoms with Crippen LogP contribution in [0.25, 0.3) is 0 Å². The molecule has 0 radical (unpaired) electrons. The number of rotatable bonds is 4. The van der Waals surface area contributed by atoms with Gasteiger partial charge in [0.15, 0.2) is 5.16 Å². The quantitative estimate of drug-likeness (QED) is 0.837. The van der Waals surface area contributed by atoms with Gasteiger partial charge in [-0.2, -0.15) is 15.0 Å². The van der Waals surface area contributed by atoms with Crippen LogP contribution in [0.5, 0.6) is 0 Å². The maximum atomic E-state index is 5.75. The molecule has 3 rings (SSSR count). The second kappa shape index (κ2) is 6.47. The number of anilines is 2. The summed E-state index contributed by atoms with van der Waals surface area (Å²) in [7, 11) is 3.76. The monoisotopic (exact) mass is 320 g/mol. The normalized spacial score (nSPS) is 14.5. The van der Waals surface area contributed by atoms with Crippen molar-refractivity contribution in [2.45, 2.75) is 43.1 Å². The van der Waals surface area contributed by atoms with E-state index in [1.807, 2.05) is 19.0 Å². The van der Waals surface area contributed by atoms with E-state index in [0.717, 1.165) is 23.9 Å². The highest BCUT2D eigenvalue weighted by molar-refractivity contribution is 7.98. The molecule has 0 saturated heterocycles. The lowest BCUT2D eigenvalue weighted by Crippen LogP contribution is -2.16. The Labute approximate surface area is 133 Å². The van der Waals surface area contributed by atoms with E-state index >= 15 is 0 Å². The van der Waals surface area contributed by atoms with Gasteiger partial charge in [-0.15, -0.1) is 10.2 Å². The fourth-order valence-electron chi connectivity index (χ4n) is 2.38. The average Bonchev–Trinajstić information content (AvgIpc) is 2.71. The summed E-state index contributed by atoms with van der Waals surface area (Å²) in [5, 5.41) is 9.53. The smallest absolute Gasteiger partial charge is 0.229 e. The number of thioether (sulfide) groups is 1. The zero-order valence-corrected chi connectivity index (χ0v) is 13.7. The molecule has 2 N–H and O–H groups in total. The van der Waals surface area contributed by atoms with Crippen molar-refractivity contribution >= 4 is 23.7 Å². The highest BCUT2D eigenvalue weighted by atomic mass is 32.2. The van der Waals surface area contributed by atoms with Crippen LogP contribution < -0.4 is 10.6 Å². The second-order valence-corrected chi connectivity index (χ2v) is 6.40. The largest absolute Gasteiger partial charge is 0.368 e. The van der Waals surface area contributed by atoms with E-state index in [1.54, 1.807) is 11.8 Å². The van der Waals surface area contributed by atoms with Crippen molar-refractivity contribution in [1.29, 1.82) is 0 Å². The molecule has 0 amide bonds. The molecule has 118 valence electrons. The number of hydrogen-bond donors (Lipinski definition) is 1. The van der Waals surface area contributed by atoms with E-state index in [4.69, 9.17) is 5.73 Å². The highest BCUT2D eigenvalue weighted by Crippen LogP contribution is 2.24. The van der Waals surface area contributed by atoms with Crippen LogP contribution in [0, 0.1) is 0 Å². The van der Waals surface area contributed by atoms with Crippen LogP contribution in [0.4, 0.5) is 11.9 Å². The average molecular weight is 320 g/mol. The molecule has 0 spiro atoms. The Balaban J connectivity index is 1.74. The van der Waals surface area contributed by atoms with Gasteiger partial charge in [-0.1, -0.05) is 18.2 Å². The van der Waals surface area contributed by atoms with Gasteiger partial charge in [-0.05, 0) is 12.8 Å². The van der Waals surface area contributed by atoms with Gasteiger partial charge in [-0.3, -0.25) is 0 Å². The second-order valence-electron chi connectivity index (χ2n) is 5.45. The molecule has 22 heavy (non-hydrogen) atoms. The fourth-order valence-corrected chi connectivity index (χ4v) is 3.22. The first-order valence-corrected chi connectivity index (χ1v) is 8.34. The van der Waals surface area contributed by atoms with Gasteiger partial charge < -0.3 is 15.2 Å². The molecular formula is C13H20N8S. The van der Waals surface area contributed by atoms with Crippen LogP contribution in [-0.2, 0) is 18.7 Å². The number of nitrogens with zero attached hydrogens (tertiary/aromatic N) is 7. The summed E-state index contributed by atoms with van der Waals surface area (Å²) in [4.78, 5) is 14.5. The van der Waals surface area contributed by atoms with E-state index in [0.29, 0.717) is 17.5 Å². The molecule has 1 aliphatic rings. The summed E-state index contributed by atoms with van der Waals surface area (Å²) in [6.07, 6.45) is 4.64. The Morgan fingerprint density at radius 2 is 2.00 bits per heavy atom. The van der Waals surface area contributed by atoms with Crippen molar-refractivity contribution in [3.8, 4) is 0 Å². The van der Waals surface area contributed by atoms with Crippen molar-refractivity contribution in [3.05, 3.63) is 11.6 Å². The van der Waals surface area contributed by atoms with Gasteiger partial charge in [0.25, 0.3) is 0 Å². The SMILES string of the molecule is CN(C)c1nc(N)nc(CSc2nnc3n2CCCCC3)n1. The number of nitrogen functional groups attached to an aromatic ring is 1. The number of nitrogens with two attached hydrogens (primary N) is 1. The number of hydrogen-bond acceptors (Lipinski definition) is 8. The lowest BCUT2D eigenvalue weighted by atomic mass is 10.2. The molecule has 3 heterocycles. The molecule has 0 saturated carbocycles. The van der Waals surface area contributed by atoms with Crippen LogP contribution in [0.2, 0.25) is 0 Å². The summed E-state index contributed by atoms with van der Waals surface area (Å²) in [5.74, 6) is 3.17. The van der Waals surface area contributed by atoms with Gasteiger partial charge in [-0.25, -0.2) is 0 Å². The first kappa shape index (κ1) is 15.0. The first-order valence-electron chi connectivity index (χ1n) is 7.36. The lowest BCUT2D eigenvalue weighted by molar-refractivity contribution is 0.591. The predicted octanol–water partition coefficient (Wildman–Crippen LogP) is 1.13. The Hall–Kier alpha value is -1.90. The van der Waals surface area contributed by atoms with Crippen LogP contribution in [-0.4, -0.2) is 43.8 Å². The molecule has 0 aliphatic carbocycles. The molecule has 1 aliphatic heterocycles. The standard InChI is InChI=1S/C13H20N8S/c1-20(2)12-16-9(15-11(14)17-12)8-22-13-19-18-10-6-4-3-5-7-21(10)13/h3-8H2,1-2H3,(H2,14,15,16,17). The third-order valence-corrected chi connectivity index (χ3v) is 4.46. The fraction of sp³-hybridized carbons (Fsp3) is 0.615. The van der Waals surface area contributed by atoms with E-state index < -0.39 is 0 Å². The summed E-state index contributed by atoms with van der Waals surface area (Å²) in [6.45, 7) is 0.993. The van der Waals surface area contributed by atoms with Crippen LogP contribution >= 0.6 is 11.8 Å². The number of aromatic nitrogens is 6. The van der Waals surface area contributed by atoms with Crippen molar-refractivity contribution < 1.29 is 0 Å². The van der Waals surface area contributed by atoms with Crippen LogP contribution in [0.15, 0.2) is 5.16 Å². The zero-order valence-electron chi connectivity index (χ0n) is 12.9. The van der Waals surface area contributed by atoms with E-state index in [9.17, 15) is 0 Å². The van der Waals surface area contributed by atoms with Crippen molar-refractivity contribution in [2.75, 3.05) is 24.7 Å². The Bertz CT molecular complexity index is 653. The minimum absolute atomic E-state index is 0.245. The molecule has 0 aromatic carbocycles. The molecular weight excluding hydrogens is 300 g/mol. The first-order chi connectivity index (χ1) is 10.6. The maximum absolute atomic E-state index is 5.75. The summed E-state index contributed by atoms with van der Waals surface area (Å²) < 4.78 is 2.22.